The molecule has 6 heteroatoms. The number of benzene rings is 8. The predicted octanol–water partition coefficient (Wildman–Crippen LogP) is 13.2. The lowest BCUT2D eigenvalue weighted by atomic mass is 9.97. The molecule has 268 valence electrons. The molecule has 12 rings (SSSR count). The topological polar surface area (TPSA) is 54.8 Å². The van der Waals surface area contributed by atoms with Gasteiger partial charge in [0, 0.05) is 58.5 Å². The molecule has 11 aromatic rings. The lowest BCUT2D eigenvalue weighted by Crippen LogP contribution is -2.33. The molecule has 0 aliphatic carbocycles. The number of furan rings is 1. The van der Waals surface area contributed by atoms with Gasteiger partial charge in [-0.1, -0.05) is 121 Å². The van der Waals surface area contributed by atoms with Crippen molar-refractivity contribution in [1.29, 1.82) is 0 Å². The number of thiophene rings is 1. The summed E-state index contributed by atoms with van der Waals surface area (Å²) in [5, 5.41) is 10.8. The van der Waals surface area contributed by atoms with Gasteiger partial charge >= 0.3 is 0 Å². The Balaban J connectivity index is 0.971. The lowest BCUT2D eigenvalue weighted by Gasteiger charge is -2.23. The van der Waals surface area contributed by atoms with Crippen LogP contribution in [0.4, 0.5) is 0 Å². The number of aliphatic imine (C=N–C) groups is 2. The summed E-state index contributed by atoms with van der Waals surface area (Å²) in [6.45, 7) is 0. The van der Waals surface area contributed by atoms with Crippen LogP contribution in [0.5, 0.6) is 0 Å². The number of para-hydroxylation sites is 2. The zero-order valence-corrected chi connectivity index (χ0v) is 31.4. The fraction of sp³-hybridized carbons (Fsp3) is 0.0196. The quantitative estimate of drug-likeness (QED) is 0.191. The number of nitrogens with zero attached hydrogens (tertiary/aromatic N) is 3. The third-order valence-electron chi connectivity index (χ3n) is 11.3. The van der Waals surface area contributed by atoms with Crippen LogP contribution in [0, 0.1) is 0 Å². The Morgan fingerprint density at radius 3 is 2.04 bits per heavy atom. The molecule has 1 N–H and O–H groups in total. The van der Waals surface area contributed by atoms with Crippen molar-refractivity contribution in [3.8, 4) is 16.8 Å². The lowest BCUT2D eigenvalue weighted by molar-refractivity contribution is 0.668. The number of hydrogen-bond donors (Lipinski definition) is 1. The van der Waals surface area contributed by atoms with Crippen LogP contribution in [-0.2, 0) is 0 Å². The molecule has 57 heavy (non-hydrogen) atoms. The van der Waals surface area contributed by atoms with Gasteiger partial charge in [-0.3, -0.25) is 0 Å². The van der Waals surface area contributed by atoms with E-state index in [0.29, 0.717) is 5.84 Å². The van der Waals surface area contributed by atoms with Crippen molar-refractivity contribution in [3.05, 3.63) is 199 Å². The Labute approximate surface area is 331 Å². The molecule has 1 aliphatic rings. The van der Waals surface area contributed by atoms with Crippen molar-refractivity contribution >= 4 is 86.9 Å². The summed E-state index contributed by atoms with van der Waals surface area (Å²) in [5.41, 5.74) is 10.6. The van der Waals surface area contributed by atoms with Gasteiger partial charge in [0.05, 0.1) is 11.0 Å². The van der Waals surface area contributed by atoms with Crippen molar-refractivity contribution in [1.82, 2.24) is 9.88 Å². The second-order valence-electron chi connectivity index (χ2n) is 14.6. The minimum Gasteiger partial charge on any atom is -0.456 e. The second kappa shape index (κ2) is 12.6. The zero-order valence-electron chi connectivity index (χ0n) is 30.6. The Bertz CT molecular complexity index is 3390. The first kappa shape index (κ1) is 32.0. The molecule has 1 atom stereocenters. The SMILES string of the molecule is c1ccc(C2=NC(c3ccccc3)NC(c3ccc4oc5cccc(-c6ccc7sc8cc(-n9c%10ccccc%10c%10ccccc%109)ccc8c7c6)c5c4c3)=N2)cc1. The van der Waals surface area contributed by atoms with Gasteiger partial charge in [0.2, 0.25) is 0 Å². The zero-order chi connectivity index (χ0) is 37.5. The van der Waals surface area contributed by atoms with Crippen molar-refractivity contribution in [2.75, 3.05) is 0 Å². The first-order valence-corrected chi connectivity index (χ1v) is 20.0. The van der Waals surface area contributed by atoms with Gasteiger partial charge in [-0.05, 0) is 77.4 Å². The molecule has 5 nitrogen and oxygen atoms in total. The standard InChI is InChI=1S/C51H32N4OS/c1-3-12-31(13-4-1)49-52-50(32-14-5-2-6-15-32)54-51(53-49)34-22-26-44-41(29-34)48-36(18-11-21-45(48)56-44)33-23-27-46-40(28-33)39-25-24-35(30-47(39)57-46)55-42-19-9-7-16-37(42)38-17-8-10-20-43(38)55/h1-30,49H,(H,52,53,54). The van der Waals surface area contributed by atoms with E-state index >= 15 is 0 Å². The molecule has 1 aliphatic heterocycles. The third kappa shape index (κ3) is 5.15. The highest BCUT2D eigenvalue weighted by molar-refractivity contribution is 7.25. The molecule has 8 aromatic carbocycles. The predicted molar refractivity (Wildman–Crippen MR) is 238 cm³/mol. The van der Waals surface area contributed by atoms with E-state index in [9.17, 15) is 0 Å². The van der Waals surface area contributed by atoms with E-state index in [2.05, 4.69) is 155 Å². The van der Waals surface area contributed by atoms with Crippen LogP contribution in [0.1, 0.15) is 22.9 Å². The molecule has 0 spiro atoms. The summed E-state index contributed by atoms with van der Waals surface area (Å²) in [4.78, 5) is 10.1. The van der Waals surface area contributed by atoms with Gasteiger partial charge in [0.1, 0.15) is 23.2 Å². The van der Waals surface area contributed by atoms with E-state index in [1.165, 1.54) is 47.7 Å². The first-order valence-electron chi connectivity index (χ1n) is 19.2. The number of rotatable bonds is 5. The Kier molecular flexibility index (Phi) is 7.09. The average molecular weight is 749 g/mol. The molecule has 0 amide bonds. The van der Waals surface area contributed by atoms with Crippen LogP contribution >= 0.6 is 11.3 Å². The number of amidine groups is 2. The molecule has 0 bridgehead atoms. The number of nitrogens with one attached hydrogen (secondary N) is 1. The smallest absolute Gasteiger partial charge is 0.159 e. The van der Waals surface area contributed by atoms with Gasteiger partial charge in [-0.25, -0.2) is 9.98 Å². The third-order valence-corrected chi connectivity index (χ3v) is 12.4. The minimum absolute atomic E-state index is 0.272. The largest absolute Gasteiger partial charge is 0.456 e. The van der Waals surface area contributed by atoms with Crippen LogP contribution in [0.15, 0.2) is 196 Å². The van der Waals surface area contributed by atoms with Gasteiger partial charge < -0.3 is 14.3 Å². The first-order chi connectivity index (χ1) is 28.2. The Morgan fingerprint density at radius 2 is 1.23 bits per heavy atom. The van der Waals surface area contributed by atoms with E-state index in [1.54, 1.807) is 0 Å². The average Bonchev–Trinajstić information content (AvgIpc) is 3.95. The number of hydrogen-bond acceptors (Lipinski definition) is 5. The fourth-order valence-electron chi connectivity index (χ4n) is 8.61. The van der Waals surface area contributed by atoms with Crippen molar-refractivity contribution < 1.29 is 4.42 Å². The van der Waals surface area contributed by atoms with Crippen LogP contribution in [0.25, 0.3) is 80.7 Å². The summed E-state index contributed by atoms with van der Waals surface area (Å²) >= 11 is 1.85. The van der Waals surface area contributed by atoms with E-state index in [1.807, 2.05) is 47.7 Å². The van der Waals surface area contributed by atoms with Crippen LogP contribution in [0.3, 0.4) is 0 Å². The Hall–Kier alpha value is -7.28. The van der Waals surface area contributed by atoms with Crippen LogP contribution < -0.4 is 5.32 Å². The minimum atomic E-state index is -0.272. The summed E-state index contributed by atoms with van der Waals surface area (Å²) in [7, 11) is 0. The van der Waals surface area contributed by atoms with Crippen molar-refractivity contribution in [2.24, 2.45) is 9.98 Å². The van der Waals surface area contributed by atoms with E-state index in [4.69, 9.17) is 14.4 Å². The molecule has 0 saturated carbocycles. The summed E-state index contributed by atoms with van der Waals surface area (Å²) in [6, 6.07) is 64.4. The molecule has 4 heterocycles. The molecular formula is C51H32N4OS. The van der Waals surface area contributed by atoms with Gasteiger partial charge in [0.25, 0.3) is 0 Å². The molecule has 1 unspecified atom stereocenters. The van der Waals surface area contributed by atoms with Gasteiger partial charge in [-0.15, -0.1) is 11.3 Å². The summed E-state index contributed by atoms with van der Waals surface area (Å²) < 4.78 is 11.4. The maximum atomic E-state index is 6.51. The molecular weight excluding hydrogens is 717 g/mol. The van der Waals surface area contributed by atoms with Crippen molar-refractivity contribution in [3.63, 3.8) is 0 Å². The monoisotopic (exact) mass is 748 g/mol. The van der Waals surface area contributed by atoms with E-state index < -0.39 is 0 Å². The van der Waals surface area contributed by atoms with Crippen LogP contribution in [0.2, 0.25) is 0 Å². The van der Waals surface area contributed by atoms with Gasteiger partial charge in [0.15, 0.2) is 5.84 Å². The highest BCUT2D eigenvalue weighted by Gasteiger charge is 2.23. The molecule has 0 fully saturated rings. The molecule has 0 radical (unpaired) electrons. The van der Waals surface area contributed by atoms with E-state index in [0.717, 1.165) is 55.6 Å². The van der Waals surface area contributed by atoms with Gasteiger partial charge in [-0.2, -0.15) is 0 Å². The van der Waals surface area contributed by atoms with E-state index in [-0.39, 0.29) is 6.17 Å². The maximum Gasteiger partial charge on any atom is 0.159 e. The number of fused-ring (bicyclic) bond motifs is 9. The fourth-order valence-corrected chi connectivity index (χ4v) is 9.73. The van der Waals surface area contributed by atoms with Crippen LogP contribution in [-0.4, -0.2) is 16.2 Å². The maximum absolute atomic E-state index is 6.51. The summed E-state index contributed by atoms with van der Waals surface area (Å²) in [6.07, 6.45) is -0.272. The van der Waals surface area contributed by atoms with Crippen molar-refractivity contribution in [2.45, 2.75) is 6.17 Å². The number of aromatic nitrogens is 1. The highest BCUT2D eigenvalue weighted by Crippen LogP contribution is 2.42. The molecule has 0 saturated heterocycles. The molecule has 3 aromatic heterocycles. The summed E-state index contributed by atoms with van der Waals surface area (Å²) in [5.74, 6) is 1.48. The second-order valence-corrected chi connectivity index (χ2v) is 15.7. The normalized spacial score (nSPS) is 14.5. The highest BCUT2D eigenvalue weighted by atomic mass is 32.1. The Morgan fingerprint density at radius 1 is 0.509 bits per heavy atom.